The second-order valence-corrected chi connectivity index (χ2v) is 4.48. The van der Waals surface area contributed by atoms with E-state index in [2.05, 4.69) is 5.10 Å². The third-order valence-electron chi connectivity index (χ3n) is 2.87. The summed E-state index contributed by atoms with van der Waals surface area (Å²) in [5, 5.41) is 23.0. The topological polar surface area (TPSA) is 75.3 Å². The Morgan fingerprint density at radius 3 is 2.74 bits per heavy atom. The summed E-state index contributed by atoms with van der Waals surface area (Å²) in [6.45, 7) is 3.91. The molecule has 0 aliphatic rings. The molecule has 0 aliphatic carbocycles. The number of carbonyl (C=O) groups is 1. The fourth-order valence-corrected chi connectivity index (χ4v) is 1.97. The number of aromatic carboxylic acids is 1. The first kappa shape index (κ1) is 13.1. The Bertz CT molecular complexity index is 617. The number of hydrogen-bond acceptors (Lipinski definition) is 3. The lowest BCUT2D eigenvalue weighted by atomic mass is 10.2. The number of aromatic hydroxyl groups is 1. The summed E-state index contributed by atoms with van der Waals surface area (Å²) in [6.07, 6.45) is 1.57. The van der Waals surface area contributed by atoms with Crippen LogP contribution in [-0.4, -0.2) is 26.0 Å². The fraction of sp³-hybridized carbons (Fsp3) is 0.286. The van der Waals surface area contributed by atoms with Crippen LogP contribution in [0.4, 0.5) is 0 Å². The molecule has 1 aromatic heterocycles. The van der Waals surface area contributed by atoms with Gasteiger partial charge in [0.1, 0.15) is 11.4 Å². The van der Waals surface area contributed by atoms with Crippen molar-refractivity contribution >= 4 is 5.97 Å². The van der Waals surface area contributed by atoms with E-state index in [-0.39, 0.29) is 11.4 Å². The first-order valence-electron chi connectivity index (χ1n) is 6.15. The predicted octanol–water partition coefficient (Wildman–Crippen LogP) is 2.54. The smallest absolute Gasteiger partial charge is 0.356 e. The van der Waals surface area contributed by atoms with E-state index in [1.165, 1.54) is 4.68 Å². The highest BCUT2D eigenvalue weighted by atomic mass is 16.4. The lowest BCUT2D eigenvalue weighted by Gasteiger charge is -2.09. The normalized spacial score (nSPS) is 10.6. The third kappa shape index (κ3) is 2.59. The summed E-state index contributed by atoms with van der Waals surface area (Å²) in [5.74, 6) is -0.980. The zero-order valence-corrected chi connectivity index (χ0v) is 10.9. The van der Waals surface area contributed by atoms with Crippen LogP contribution < -0.4 is 0 Å². The molecule has 0 radical (unpaired) electrons. The second kappa shape index (κ2) is 5.14. The molecule has 0 saturated heterocycles. The minimum atomic E-state index is -1.07. The van der Waals surface area contributed by atoms with Gasteiger partial charge in [-0.05, 0) is 37.1 Å². The highest BCUT2D eigenvalue weighted by Crippen LogP contribution is 2.24. The van der Waals surface area contributed by atoms with Crippen LogP contribution in [0.5, 0.6) is 5.75 Å². The van der Waals surface area contributed by atoms with E-state index in [0.717, 1.165) is 17.7 Å². The molecule has 0 fully saturated rings. The molecule has 19 heavy (non-hydrogen) atoms. The molecule has 0 spiro atoms. The summed E-state index contributed by atoms with van der Waals surface area (Å²) in [4.78, 5) is 11.0. The lowest BCUT2D eigenvalue weighted by molar-refractivity contribution is 0.0690. The van der Waals surface area contributed by atoms with E-state index in [4.69, 9.17) is 5.11 Å². The second-order valence-electron chi connectivity index (χ2n) is 4.48. The Labute approximate surface area is 111 Å². The minimum absolute atomic E-state index is 0.00986. The molecular formula is C14H16N2O3. The van der Waals surface area contributed by atoms with Gasteiger partial charge in [-0.1, -0.05) is 19.4 Å². The van der Waals surface area contributed by atoms with Crippen molar-refractivity contribution in [1.82, 2.24) is 9.78 Å². The van der Waals surface area contributed by atoms with Gasteiger partial charge in [-0.2, -0.15) is 5.10 Å². The molecule has 100 valence electrons. The van der Waals surface area contributed by atoms with Crippen LogP contribution >= 0.6 is 0 Å². The minimum Gasteiger partial charge on any atom is -0.506 e. The molecule has 0 saturated carbocycles. The van der Waals surface area contributed by atoms with E-state index < -0.39 is 5.97 Å². The van der Waals surface area contributed by atoms with Gasteiger partial charge in [0.25, 0.3) is 0 Å². The number of carboxylic acids is 1. The van der Waals surface area contributed by atoms with E-state index in [0.29, 0.717) is 12.1 Å². The van der Waals surface area contributed by atoms with Gasteiger partial charge in [0, 0.05) is 5.69 Å². The van der Waals surface area contributed by atoms with E-state index in [1.54, 1.807) is 24.3 Å². The highest BCUT2D eigenvalue weighted by Gasteiger charge is 2.16. The van der Waals surface area contributed by atoms with Crippen molar-refractivity contribution in [3.8, 4) is 11.4 Å². The fourth-order valence-electron chi connectivity index (χ4n) is 1.97. The first-order valence-corrected chi connectivity index (χ1v) is 6.15. The Balaban J connectivity index is 2.59. The van der Waals surface area contributed by atoms with Gasteiger partial charge in [-0.25, -0.2) is 9.48 Å². The third-order valence-corrected chi connectivity index (χ3v) is 2.87. The van der Waals surface area contributed by atoms with Gasteiger partial charge in [0.05, 0.1) is 0 Å². The number of nitrogens with zero attached hydrogens (tertiary/aromatic N) is 2. The van der Waals surface area contributed by atoms with Crippen LogP contribution in [0.2, 0.25) is 0 Å². The number of aryl methyl sites for hydroxylation is 2. The Morgan fingerprint density at radius 1 is 1.37 bits per heavy atom. The Hall–Kier alpha value is -2.30. The van der Waals surface area contributed by atoms with Crippen molar-refractivity contribution < 1.29 is 15.0 Å². The molecule has 5 nitrogen and oxygen atoms in total. The largest absolute Gasteiger partial charge is 0.506 e. The van der Waals surface area contributed by atoms with Gasteiger partial charge < -0.3 is 10.2 Å². The number of rotatable bonds is 4. The quantitative estimate of drug-likeness (QED) is 0.885. The number of phenols is 1. The molecule has 5 heteroatoms. The molecule has 2 aromatic rings. The summed E-state index contributed by atoms with van der Waals surface area (Å²) in [7, 11) is 0. The van der Waals surface area contributed by atoms with E-state index in [9.17, 15) is 9.90 Å². The first-order chi connectivity index (χ1) is 9.02. The molecule has 0 unspecified atom stereocenters. The molecule has 2 rings (SSSR count). The van der Waals surface area contributed by atoms with Crippen LogP contribution in [0.3, 0.4) is 0 Å². The Morgan fingerprint density at radius 2 is 2.11 bits per heavy atom. The molecular weight excluding hydrogens is 244 g/mol. The van der Waals surface area contributed by atoms with Crippen molar-refractivity contribution in [2.45, 2.75) is 26.7 Å². The molecule has 0 atom stereocenters. The van der Waals surface area contributed by atoms with E-state index >= 15 is 0 Å². The van der Waals surface area contributed by atoms with Gasteiger partial charge in [-0.3, -0.25) is 0 Å². The number of phenolic OH excluding ortho intramolecular Hbond substituents is 1. The van der Waals surface area contributed by atoms with Gasteiger partial charge in [0.15, 0.2) is 5.69 Å². The van der Waals surface area contributed by atoms with Crippen LogP contribution in [0, 0.1) is 6.92 Å². The molecule has 1 aromatic carbocycles. The SMILES string of the molecule is CCCc1cc(C(=O)O)nn1-c1cc(C)ccc1O. The van der Waals surface area contributed by atoms with Gasteiger partial charge in [0.2, 0.25) is 0 Å². The number of benzene rings is 1. The van der Waals surface area contributed by atoms with Gasteiger partial charge >= 0.3 is 5.97 Å². The number of carboxylic acid groups (broad SMARTS) is 1. The summed E-state index contributed by atoms with van der Waals surface area (Å²) in [5.41, 5.74) is 2.25. The van der Waals surface area contributed by atoms with Crippen LogP contribution in [0.1, 0.15) is 35.1 Å². The average molecular weight is 260 g/mol. The van der Waals surface area contributed by atoms with Crippen LogP contribution in [0.25, 0.3) is 5.69 Å². The predicted molar refractivity (Wildman–Crippen MR) is 70.9 cm³/mol. The van der Waals surface area contributed by atoms with Crippen molar-refractivity contribution in [3.05, 3.63) is 41.2 Å². The summed E-state index contributed by atoms with van der Waals surface area (Å²) in [6, 6.07) is 6.71. The van der Waals surface area contributed by atoms with Gasteiger partial charge in [-0.15, -0.1) is 0 Å². The van der Waals surface area contributed by atoms with Crippen molar-refractivity contribution in [2.24, 2.45) is 0 Å². The van der Waals surface area contributed by atoms with Crippen LogP contribution in [-0.2, 0) is 6.42 Å². The Kier molecular flexibility index (Phi) is 3.55. The summed E-state index contributed by atoms with van der Waals surface area (Å²) >= 11 is 0. The number of hydrogen-bond donors (Lipinski definition) is 2. The van der Waals surface area contributed by atoms with Crippen molar-refractivity contribution in [3.63, 3.8) is 0 Å². The average Bonchev–Trinajstić information content (AvgIpc) is 2.77. The maximum atomic E-state index is 11.0. The lowest BCUT2D eigenvalue weighted by Crippen LogP contribution is -2.04. The molecule has 2 N–H and O–H groups in total. The highest BCUT2D eigenvalue weighted by molar-refractivity contribution is 5.85. The van der Waals surface area contributed by atoms with E-state index in [1.807, 2.05) is 13.8 Å². The maximum absolute atomic E-state index is 11.0. The standard InChI is InChI=1S/C14H16N2O3/c1-3-4-10-8-11(14(18)19)15-16(10)12-7-9(2)5-6-13(12)17/h5-8,17H,3-4H2,1-2H3,(H,18,19). The zero-order valence-electron chi connectivity index (χ0n) is 10.9. The molecule has 0 amide bonds. The van der Waals surface area contributed by atoms with Crippen LogP contribution in [0.15, 0.2) is 24.3 Å². The molecule has 0 aliphatic heterocycles. The monoisotopic (exact) mass is 260 g/mol. The van der Waals surface area contributed by atoms with Crippen molar-refractivity contribution in [2.75, 3.05) is 0 Å². The summed E-state index contributed by atoms with van der Waals surface area (Å²) < 4.78 is 1.51. The molecule has 1 heterocycles. The zero-order chi connectivity index (χ0) is 14.0. The molecule has 0 bridgehead atoms. The van der Waals surface area contributed by atoms with Crippen molar-refractivity contribution in [1.29, 1.82) is 0 Å². The maximum Gasteiger partial charge on any atom is 0.356 e. The number of aromatic nitrogens is 2.